The van der Waals surface area contributed by atoms with Crippen LogP contribution in [0, 0.1) is 0 Å². The van der Waals surface area contributed by atoms with E-state index in [1.807, 2.05) is 6.20 Å². The number of aromatic amines is 1. The Labute approximate surface area is 105 Å². The van der Waals surface area contributed by atoms with Crippen LogP contribution in [0.1, 0.15) is 76.4 Å². The van der Waals surface area contributed by atoms with Crippen LogP contribution in [0.2, 0.25) is 0 Å². The third-order valence-corrected chi connectivity index (χ3v) is 3.25. The van der Waals surface area contributed by atoms with E-state index in [0.29, 0.717) is 0 Å². The molecule has 3 N–H and O–H groups in total. The molecule has 0 saturated carbocycles. The highest BCUT2D eigenvalue weighted by Gasteiger charge is 2.06. The smallest absolute Gasteiger partial charge is 0.106 e. The molecule has 0 fully saturated rings. The zero-order valence-corrected chi connectivity index (χ0v) is 11.3. The lowest BCUT2D eigenvalue weighted by Crippen LogP contribution is -2.08. The fourth-order valence-corrected chi connectivity index (χ4v) is 1.99. The molecular formula is C14H27N3. The maximum atomic E-state index is 5.95. The largest absolute Gasteiger partial charge is 0.345 e. The van der Waals surface area contributed by atoms with Gasteiger partial charge in [0.1, 0.15) is 5.82 Å². The Hall–Kier alpha value is -0.830. The van der Waals surface area contributed by atoms with Gasteiger partial charge in [-0.3, -0.25) is 0 Å². The molecule has 0 aliphatic carbocycles. The fraction of sp³-hybridized carbons (Fsp3) is 0.786. The van der Waals surface area contributed by atoms with E-state index in [9.17, 15) is 0 Å². The quantitative estimate of drug-likeness (QED) is 0.643. The summed E-state index contributed by atoms with van der Waals surface area (Å²) in [5.74, 6) is 1.10. The first-order chi connectivity index (χ1) is 8.27. The van der Waals surface area contributed by atoms with Crippen molar-refractivity contribution in [3.63, 3.8) is 0 Å². The van der Waals surface area contributed by atoms with Crippen LogP contribution in [0.25, 0.3) is 0 Å². The molecule has 1 unspecified atom stereocenters. The molecule has 0 aromatic carbocycles. The standard InChI is InChI=1S/C14H27N3/c1-3-5-6-7-8-9-10-14-16-11-13(17-14)12(15)4-2/h11-12H,3-10,15H2,1-2H3,(H,16,17). The molecule has 0 bridgehead atoms. The summed E-state index contributed by atoms with van der Waals surface area (Å²) in [4.78, 5) is 7.71. The van der Waals surface area contributed by atoms with E-state index in [2.05, 4.69) is 23.8 Å². The lowest BCUT2D eigenvalue weighted by molar-refractivity contribution is 0.601. The van der Waals surface area contributed by atoms with Gasteiger partial charge in [-0.15, -0.1) is 0 Å². The van der Waals surface area contributed by atoms with Gasteiger partial charge in [0.25, 0.3) is 0 Å². The van der Waals surface area contributed by atoms with E-state index in [0.717, 1.165) is 24.4 Å². The van der Waals surface area contributed by atoms with Crippen molar-refractivity contribution < 1.29 is 0 Å². The van der Waals surface area contributed by atoms with Crippen LogP contribution >= 0.6 is 0 Å². The van der Waals surface area contributed by atoms with E-state index in [1.54, 1.807) is 0 Å². The van der Waals surface area contributed by atoms with E-state index < -0.39 is 0 Å². The molecule has 3 heteroatoms. The molecule has 0 spiro atoms. The zero-order valence-electron chi connectivity index (χ0n) is 11.3. The Morgan fingerprint density at radius 2 is 1.88 bits per heavy atom. The molecule has 0 saturated heterocycles. The number of hydrogen-bond donors (Lipinski definition) is 2. The summed E-state index contributed by atoms with van der Waals surface area (Å²) in [6, 6.07) is 0.112. The number of nitrogens with zero attached hydrogens (tertiary/aromatic N) is 1. The number of imidazole rings is 1. The molecule has 3 nitrogen and oxygen atoms in total. The van der Waals surface area contributed by atoms with Gasteiger partial charge in [0.2, 0.25) is 0 Å². The summed E-state index contributed by atoms with van der Waals surface area (Å²) in [7, 11) is 0. The van der Waals surface area contributed by atoms with Crippen LogP contribution in [-0.2, 0) is 6.42 Å². The van der Waals surface area contributed by atoms with Crippen molar-refractivity contribution in [1.29, 1.82) is 0 Å². The summed E-state index contributed by atoms with van der Waals surface area (Å²) in [5, 5.41) is 0. The number of hydrogen-bond acceptors (Lipinski definition) is 2. The van der Waals surface area contributed by atoms with E-state index in [4.69, 9.17) is 5.73 Å². The van der Waals surface area contributed by atoms with Crippen LogP contribution in [-0.4, -0.2) is 9.97 Å². The second-order valence-electron chi connectivity index (χ2n) is 4.82. The van der Waals surface area contributed by atoms with E-state index in [1.165, 1.54) is 38.5 Å². The highest BCUT2D eigenvalue weighted by Crippen LogP contribution is 2.12. The second-order valence-corrected chi connectivity index (χ2v) is 4.82. The van der Waals surface area contributed by atoms with Gasteiger partial charge in [-0.2, -0.15) is 0 Å². The Balaban J connectivity index is 2.16. The minimum Gasteiger partial charge on any atom is -0.345 e. The van der Waals surface area contributed by atoms with Gasteiger partial charge < -0.3 is 10.7 Å². The predicted molar refractivity (Wildman–Crippen MR) is 72.9 cm³/mol. The van der Waals surface area contributed by atoms with Gasteiger partial charge in [0.05, 0.1) is 5.69 Å². The Morgan fingerprint density at radius 1 is 1.18 bits per heavy atom. The van der Waals surface area contributed by atoms with Crippen molar-refractivity contribution in [2.75, 3.05) is 0 Å². The topological polar surface area (TPSA) is 54.7 Å². The summed E-state index contributed by atoms with van der Waals surface area (Å²) in [6.07, 6.45) is 11.9. The Morgan fingerprint density at radius 3 is 2.59 bits per heavy atom. The first kappa shape index (κ1) is 14.2. The average Bonchev–Trinajstić information content (AvgIpc) is 2.81. The Bertz CT molecular complexity index is 293. The van der Waals surface area contributed by atoms with Gasteiger partial charge in [0.15, 0.2) is 0 Å². The maximum Gasteiger partial charge on any atom is 0.106 e. The number of aryl methyl sites for hydroxylation is 1. The molecule has 0 radical (unpaired) electrons. The minimum absolute atomic E-state index is 0.112. The summed E-state index contributed by atoms with van der Waals surface area (Å²) < 4.78 is 0. The van der Waals surface area contributed by atoms with Crippen LogP contribution in [0.15, 0.2) is 6.20 Å². The van der Waals surface area contributed by atoms with Crippen molar-refractivity contribution in [2.24, 2.45) is 5.73 Å². The predicted octanol–water partition coefficient (Wildman–Crippen LogP) is 3.72. The first-order valence-electron chi connectivity index (χ1n) is 7.07. The molecule has 0 aliphatic rings. The van der Waals surface area contributed by atoms with Crippen molar-refractivity contribution in [2.45, 2.75) is 71.3 Å². The van der Waals surface area contributed by atoms with Crippen LogP contribution < -0.4 is 5.73 Å². The Kier molecular flexibility index (Phi) is 6.94. The monoisotopic (exact) mass is 237 g/mol. The molecule has 1 heterocycles. The highest BCUT2D eigenvalue weighted by atomic mass is 14.9. The second kappa shape index (κ2) is 8.29. The van der Waals surface area contributed by atoms with Gasteiger partial charge in [-0.05, 0) is 12.8 Å². The van der Waals surface area contributed by atoms with Crippen LogP contribution in [0.3, 0.4) is 0 Å². The van der Waals surface area contributed by atoms with Crippen molar-refractivity contribution in [1.82, 2.24) is 9.97 Å². The van der Waals surface area contributed by atoms with E-state index in [-0.39, 0.29) is 6.04 Å². The number of aromatic nitrogens is 2. The third kappa shape index (κ3) is 5.35. The molecule has 0 aliphatic heterocycles. The van der Waals surface area contributed by atoms with Gasteiger partial charge in [-0.1, -0.05) is 46.0 Å². The minimum atomic E-state index is 0.112. The molecule has 1 aromatic heterocycles. The molecule has 1 atom stereocenters. The van der Waals surface area contributed by atoms with Crippen molar-refractivity contribution >= 4 is 0 Å². The lowest BCUT2D eigenvalue weighted by Gasteiger charge is -2.04. The van der Waals surface area contributed by atoms with Gasteiger partial charge in [-0.25, -0.2) is 4.98 Å². The number of nitrogens with two attached hydrogens (primary N) is 1. The van der Waals surface area contributed by atoms with Crippen molar-refractivity contribution in [3.05, 3.63) is 17.7 Å². The maximum absolute atomic E-state index is 5.95. The number of nitrogens with one attached hydrogen (secondary N) is 1. The molecular weight excluding hydrogens is 210 g/mol. The normalized spacial score (nSPS) is 12.9. The zero-order chi connectivity index (χ0) is 12.5. The molecule has 17 heavy (non-hydrogen) atoms. The summed E-state index contributed by atoms with van der Waals surface area (Å²) in [6.45, 7) is 4.35. The SMILES string of the molecule is CCCCCCCCc1ncc(C(N)CC)[nH]1. The highest BCUT2D eigenvalue weighted by molar-refractivity contribution is 5.05. The molecule has 98 valence electrons. The number of unbranched alkanes of at least 4 members (excludes halogenated alkanes) is 5. The van der Waals surface area contributed by atoms with E-state index >= 15 is 0 Å². The van der Waals surface area contributed by atoms with Crippen molar-refractivity contribution in [3.8, 4) is 0 Å². The van der Waals surface area contributed by atoms with Crippen LogP contribution in [0.5, 0.6) is 0 Å². The number of rotatable bonds is 9. The fourth-order valence-electron chi connectivity index (χ4n) is 1.99. The molecule has 1 aromatic rings. The number of H-pyrrole nitrogens is 1. The summed E-state index contributed by atoms with van der Waals surface area (Å²) in [5.41, 5.74) is 7.02. The molecule has 1 rings (SSSR count). The van der Waals surface area contributed by atoms with Gasteiger partial charge in [0, 0.05) is 18.7 Å². The van der Waals surface area contributed by atoms with Crippen LogP contribution in [0.4, 0.5) is 0 Å². The van der Waals surface area contributed by atoms with Gasteiger partial charge >= 0.3 is 0 Å². The summed E-state index contributed by atoms with van der Waals surface area (Å²) >= 11 is 0. The third-order valence-electron chi connectivity index (χ3n) is 3.25. The first-order valence-corrected chi connectivity index (χ1v) is 7.07. The average molecular weight is 237 g/mol. The molecule has 0 amide bonds. The lowest BCUT2D eigenvalue weighted by atomic mass is 10.1.